The summed E-state index contributed by atoms with van der Waals surface area (Å²) < 4.78 is 0. The molecular formula is C14H20N2O2. The Morgan fingerprint density at radius 2 is 1.94 bits per heavy atom. The molecule has 0 aromatic heterocycles. The number of aliphatic hydroxyl groups excluding tert-OH is 1. The van der Waals surface area contributed by atoms with Gasteiger partial charge in [0, 0.05) is 17.6 Å². The largest absolute Gasteiger partial charge is 0.376 e. The molecule has 0 heterocycles. The first-order chi connectivity index (χ1) is 8.74. The Hall–Kier alpha value is -1.39. The Morgan fingerprint density at radius 3 is 2.56 bits per heavy atom. The average molecular weight is 248 g/mol. The smallest absolute Gasteiger partial charge is 0.255 e. The Morgan fingerprint density at radius 1 is 1.28 bits per heavy atom. The molecule has 0 spiro atoms. The number of benzene rings is 1. The van der Waals surface area contributed by atoms with Crippen molar-refractivity contribution in [1.82, 2.24) is 4.90 Å². The minimum atomic E-state index is -0.272. The number of carbonyl (C=O) groups excluding carboxylic acids is 1. The second-order valence-electron chi connectivity index (χ2n) is 4.80. The van der Waals surface area contributed by atoms with Gasteiger partial charge in [-0.05, 0) is 25.0 Å². The van der Waals surface area contributed by atoms with Crippen LogP contribution in [0.4, 0.5) is 0 Å². The van der Waals surface area contributed by atoms with Crippen LogP contribution in [0.25, 0.3) is 0 Å². The fourth-order valence-corrected chi connectivity index (χ4v) is 2.59. The molecule has 2 atom stereocenters. The van der Waals surface area contributed by atoms with Crippen molar-refractivity contribution < 1.29 is 9.90 Å². The molecule has 0 saturated heterocycles. The first kappa shape index (κ1) is 13.1. The van der Waals surface area contributed by atoms with Gasteiger partial charge in [-0.1, -0.05) is 31.0 Å². The second-order valence-corrected chi connectivity index (χ2v) is 4.80. The van der Waals surface area contributed by atoms with Crippen molar-refractivity contribution in [3.63, 3.8) is 0 Å². The lowest BCUT2D eigenvalue weighted by atomic mass is 9.89. The van der Waals surface area contributed by atoms with Gasteiger partial charge in [-0.15, -0.1) is 0 Å². The van der Waals surface area contributed by atoms with Crippen molar-refractivity contribution in [2.75, 3.05) is 6.73 Å². The number of rotatable bonds is 3. The van der Waals surface area contributed by atoms with Crippen LogP contribution in [0.2, 0.25) is 0 Å². The fraction of sp³-hybridized carbons (Fsp3) is 0.500. The zero-order valence-corrected chi connectivity index (χ0v) is 10.5. The van der Waals surface area contributed by atoms with Gasteiger partial charge in [-0.3, -0.25) is 4.79 Å². The molecule has 1 aromatic carbocycles. The van der Waals surface area contributed by atoms with Gasteiger partial charge in [0.05, 0.1) is 0 Å². The van der Waals surface area contributed by atoms with E-state index in [1.807, 2.05) is 18.2 Å². The first-order valence-electron chi connectivity index (χ1n) is 6.46. The summed E-state index contributed by atoms with van der Waals surface area (Å²) in [6.07, 6.45) is 3.97. The summed E-state index contributed by atoms with van der Waals surface area (Å²) in [4.78, 5) is 13.8. The van der Waals surface area contributed by atoms with Crippen LogP contribution >= 0.6 is 0 Å². The van der Waals surface area contributed by atoms with E-state index < -0.39 is 0 Å². The third-order valence-corrected chi connectivity index (χ3v) is 3.62. The molecular weight excluding hydrogens is 228 g/mol. The zero-order valence-electron chi connectivity index (χ0n) is 10.5. The molecule has 98 valence electrons. The van der Waals surface area contributed by atoms with Gasteiger partial charge in [0.1, 0.15) is 6.73 Å². The van der Waals surface area contributed by atoms with Crippen LogP contribution in [0.5, 0.6) is 0 Å². The Labute approximate surface area is 107 Å². The van der Waals surface area contributed by atoms with Gasteiger partial charge in [-0.2, -0.15) is 0 Å². The minimum Gasteiger partial charge on any atom is -0.376 e. The number of aliphatic hydroxyl groups is 1. The van der Waals surface area contributed by atoms with Gasteiger partial charge in [0.15, 0.2) is 0 Å². The Kier molecular flexibility index (Phi) is 4.33. The molecule has 0 aliphatic heterocycles. The lowest BCUT2D eigenvalue weighted by Crippen LogP contribution is -2.52. The van der Waals surface area contributed by atoms with Gasteiger partial charge in [0.2, 0.25) is 0 Å². The number of hydrogen-bond acceptors (Lipinski definition) is 3. The van der Waals surface area contributed by atoms with E-state index in [2.05, 4.69) is 0 Å². The molecule has 1 amide bonds. The fourth-order valence-electron chi connectivity index (χ4n) is 2.59. The van der Waals surface area contributed by atoms with Crippen LogP contribution in [0.1, 0.15) is 36.0 Å². The molecule has 0 radical (unpaired) electrons. The van der Waals surface area contributed by atoms with Crippen molar-refractivity contribution in [2.45, 2.75) is 37.8 Å². The van der Waals surface area contributed by atoms with Crippen LogP contribution in [0.15, 0.2) is 30.3 Å². The van der Waals surface area contributed by atoms with E-state index in [0.29, 0.717) is 5.56 Å². The lowest BCUT2D eigenvalue weighted by Gasteiger charge is -2.37. The summed E-state index contributed by atoms with van der Waals surface area (Å²) in [5.74, 6) is -0.138. The van der Waals surface area contributed by atoms with Crippen LogP contribution in [-0.4, -0.2) is 34.7 Å². The minimum absolute atomic E-state index is 0.0291. The Balaban J connectivity index is 2.15. The van der Waals surface area contributed by atoms with Crippen LogP contribution in [0.3, 0.4) is 0 Å². The van der Waals surface area contributed by atoms with Gasteiger partial charge in [0.25, 0.3) is 5.91 Å². The monoisotopic (exact) mass is 248 g/mol. The summed E-state index contributed by atoms with van der Waals surface area (Å²) in [6, 6.07) is 8.97. The van der Waals surface area contributed by atoms with Crippen molar-refractivity contribution in [2.24, 2.45) is 5.73 Å². The van der Waals surface area contributed by atoms with Gasteiger partial charge >= 0.3 is 0 Å². The molecule has 4 nitrogen and oxygen atoms in total. The molecule has 0 unspecified atom stereocenters. The maximum Gasteiger partial charge on any atom is 0.255 e. The molecule has 1 saturated carbocycles. The highest BCUT2D eigenvalue weighted by atomic mass is 16.3. The van der Waals surface area contributed by atoms with Crippen LogP contribution in [-0.2, 0) is 0 Å². The highest BCUT2D eigenvalue weighted by Gasteiger charge is 2.30. The predicted octanol–water partition coefficient (Wildman–Crippen LogP) is 1.35. The van der Waals surface area contributed by atoms with Crippen molar-refractivity contribution in [3.05, 3.63) is 35.9 Å². The summed E-state index contributed by atoms with van der Waals surface area (Å²) >= 11 is 0. The Bertz CT molecular complexity index is 394. The molecule has 3 N–H and O–H groups in total. The van der Waals surface area contributed by atoms with E-state index in [4.69, 9.17) is 5.73 Å². The molecule has 1 aliphatic rings. The third kappa shape index (κ3) is 2.71. The van der Waals surface area contributed by atoms with Crippen molar-refractivity contribution in [1.29, 1.82) is 0 Å². The van der Waals surface area contributed by atoms with Crippen molar-refractivity contribution in [3.8, 4) is 0 Å². The summed E-state index contributed by atoms with van der Waals surface area (Å²) in [7, 11) is 0. The van der Waals surface area contributed by atoms with Gasteiger partial charge < -0.3 is 15.7 Å². The highest BCUT2D eigenvalue weighted by molar-refractivity contribution is 5.94. The standard InChI is InChI=1S/C14H20N2O2/c15-12-8-4-5-9-13(12)16(10-17)14(18)11-6-2-1-3-7-11/h1-3,6-7,12-13,17H,4-5,8-10,15H2/t12-,13+/m0/s1. The highest BCUT2D eigenvalue weighted by Crippen LogP contribution is 2.23. The third-order valence-electron chi connectivity index (χ3n) is 3.62. The lowest BCUT2D eigenvalue weighted by molar-refractivity contribution is 0.0302. The topological polar surface area (TPSA) is 66.6 Å². The molecule has 1 aromatic rings. The number of hydrogen-bond donors (Lipinski definition) is 2. The molecule has 4 heteroatoms. The summed E-state index contributed by atoms with van der Waals surface area (Å²) in [5, 5.41) is 9.48. The quantitative estimate of drug-likeness (QED) is 0.793. The predicted molar refractivity (Wildman–Crippen MR) is 69.9 cm³/mol. The number of carbonyl (C=O) groups is 1. The molecule has 1 fully saturated rings. The van der Waals surface area contributed by atoms with E-state index in [0.717, 1.165) is 25.7 Å². The number of amides is 1. The second kappa shape index (κ2) is 5.98. The average Bonchev–Trinajstić information content (AvgIpc) is 2.42. The maximum atomic E-state index is 12.3. The SMILES string of the molecule is N[C@H]1CCCC[C@H]1N(CO)C(=O)c1ccccc1. The van der Waals surface area contributed by atoms with E-state index in [9.17, 15) is 9.90 Å². The maximum absolute atomic E-state index is 12.3. The van der Waals surface area contributed by atoms with E-state index in [1.54, 1.807) is 12.1 Å². The number of nitrogens with zero attached hydrogens (tertiary/aromatic N) is 1. The molecule has 18 heavy (non-hydrogen) atoms. The van der Waals surface area contributed by atoms with Crippen LogP contribution < -0.4 is 5.73 Å². The summed E-state index contributed by atoms with van der Waals surface area (Å²) in [6.45, 7) is -0.272. The molecule has 1 aliphatic carbocycles. The normalized spacial score (nSPS) is 23.7. The van der Waals surface area contributed by atoms with E-state index in [-0.39, 0.29) is 24.7 Å². The van der Waals surface area contributed by atoms with E-state index >= 15 is 0 Å². The van der Waals surface area contributed by atoms with Gasteiger partial charge in [-0.25, -0.2) is 0 Å². The molecule has 2 rings (SSSR count). The summed E-state index contributed by atoms with van der Waals surface area (Å²) in [5.41, 5.74) is 6.67. The zero-order chi connectivity index (χ0) is 13.0. The van der Waals surface area contributed by atoms with E-state index in [1.165, 1.54) is 4.90 Å². The number of nitrogens with two attached hydrogens (primary N) is 1. The van der Waals surface area contributed by atoms with Crippen LogP contribution in [0, 0.1) is 0 Å². The van der Waals surface area contributed by atoms with Crippen molar-refractivity contribution >= 4 is 5.91 Å². The molecule has 0 bridgehead atoms. The first-order valence-corrected chi connectivity index (χ1v) is 6.46.